The van der Waals surface area contributed by atoms with Crippen molar-refractivity contribution in [3.8, 4) is 27.9 Å². The molecule has 0 aliphatic heterocycles. The van der Waals surface area contributed by atoms with Gasteiger partial charge in [0.2, 0.25) is 5.13 Å². The van der Waals surface area contributed by atoms with E-state index in [1.165, 1.54) is 16.0 Å². The second-order valence-corrected chi connectivity index (χ2v) is 10.0. The third-order valence-electron chi connectivity index (χ3n) is 5.97. The number of thiazole rings is 1. The first kappa shape index (κ1) is 23.9. The van der Waals surface area contributed by atoms with E-state index in [0.29, 0.717) is 44.3 Å². The number of H-pyrrole nitrogens is 1. The number of aromatic nitrogens is 3. The van der Waals surface area contributed by atoms with E-state index >= 15 is 0 Å². The average Bonchev–Trinajstić information content (AvgIpc) is 3.52. The molecular weight excluding hydrogens is 516 g/mol. The first-order chi connectivity index (χ1) is 18.6. The third-order valence-corrected chi connectivity index (χ3v) is 7.23. The minimum atomic E-state index is -0.239. The molecule has 8 heteroatoms. The summed E-state index contributed by atoms with van der Waals surface area (Å²) < 4.78 is 8.58. The Kier molecular flexibility index (Phi) is 6.37. The second-order valence-electron chi connectivity index (χ2n) is 8.56. The molecule has 0 unspecified atom stereocenters. The van der Waals surface area contributed by atoms with E-state index in [9.17, 15) is 4.79 Å². The van der Waals surface area contributed by atoms with Crippen LogP contribution in [0.15, 0.2) is 113 Å². The number of aliphatic imine (C=N–C) groups is 1. The Labute approximate surface area is 227 Å². The first-order valence-corrected chi connectivity index (χ1v) is 13.1. The number of halogens is 1. The van der Waals surface area contributed by atoms with E-state index in [1.807, 2.05) is 91.9 Å². The molecule has 0 spiro atoms. The number of hydrogen-bond acceptors (Lipinski definition) is 5. The molecular formula is C30H21ClN4O2S. The van der Waals surface area contributed by atoms with Gasteiger partial charge in [0.15, 0.2) is 5.75 Å². The predicted molar refractivity (Wildman–Crippen MR) is 155 cm³/mol. The van der Waals surface area contributed by atoms with Crippen molar-refractivity contribution in [3.05, 3.63) is 124 Å². The Morgan fingerprint density at radius 2 is 1.66 bits per heavy atom. The second kappa shape index (κ2) is 10.1. The number of para-hydroxylation sites is 2. The van der Waals surface area contributed by atoms with Gasteiger partial charge in [0.25, 0.3) is 5.56 Å². The molecule has 6 aromatic rings. The molecule has 2 heterocycles. The van der Waals surface area contributed by atoms with Crippen LogP contribution < -0.4 is 10.3 Å². The van der Waals surface area contributed by atoms with E-state index < -0.39 is 0 Å². The van der Waals surface area contributed by atoms with Gasteiger partial charge in [0, 0.05) is 10.6 Å². The fourth-order valence-corrected chi connectivity index (χ4v) is 5.28. The van der Waals surface area contributed by atoms with Crippen molar-refractivity contribution >= 4 is 44.6 Å². The topological polar surface area (TPSA) is 72.3 Å². The Morgan fingerprint density at radius 1 is 0.947 bits per heavy atom. The van der Waals surface area contributed by atoms with E-state index in [1.54, 1.807) is 18.2 Å². The highest BCUT2D eigenvalue weighted by Gasteiger charge is 2.21. The Bertz CT molecular complexity index is 1810. The summed E-state index contributed by atoms with van der Waals surface area (Å²) in [4.78, 5) is 23.4. The van der Waals surface area contributed by atoms with Gasteiger partial charge in [-0.15, -0.1) is 0 Å². The van der Waals surface area contributed by atoms with Gasteiger partial charge in [-0.3, -0.25) is 9.89 Å². The molecule has 186 valence electrons. The maximum atomic E-state index is 13.9. The lowest BCUT2D eigenvalue weighted by Gasteiger charge is -2.10. The number of nitrogens with one attached hydrogen (secondary N) is 1. The van der Waals surface area contributed by atoms with Gasteiger partial charge in [-0.05, 0) is 49.4 Å². The summed E-state index contributed by atoms with van der Waals surface area (Å²) in [5.41, 5.74) is 3.60. The van der Waals surface area contributed by atoms with Gasteiger partial charge in [0.05, 0.1) is 27.2 Å². The Balaban J connectivity index is 1.50. The molecule has 0 aliphatic carbocycles. The molecule has 0 saturated carbocycles. The molecule has 38 heavy (non-hydrogen) atoms. The van der Waals surface area contributed by atoms with Gasteiger partial charge < -0.3 is 4.74 Å². The molecule has 2 aromatic heterocycles. The molecule has 4 aromatic carbocycles. The summed E-state index contributed by atoms with van der Waals surface area (Å²) in [6.45, 7) is 1.81. The quantitative estimate of drug-likeness (QED) is 0.219. The monoisotopic (exact) mass is 536 g/mol. The van der Waals surface area contributed by atoms with Crippen LogP contribution >= 0.6 is 22.9 Å². The van der Waals surface area contributed by atoms with Crippen molar-refractivity contribution in [2.24, 2.45) is 4.99 Å². The van der Waals surface area contributed by atoms with Crippen LogP contribution in [0.5, 0.6) is 11.5 Å². The number of ether oxygens (including phenoxy) is 1. The molecule has 6 rings (SSSR count). The summed E-state index contributed by atoms with van der Waals surface area (Å²) >= 11 is 7.77. The molecule has 0 amide bonds. The van der Waals surface area contributed by atoms with Crippen LogP contribution in [0.4, 0.5) is 5.69 Å². The highest BCUT2D eigenvalue weighted by Crippen LogP contribution is 2.35. The lowest BCUT2D eigenvalue weighted by molar-refractivity contribution is 0.484. The van der Waals surface area contributed by atoms with Crippen LogP contribution in [0.1, 0.15) is 12.5 Å². The number of rotatable bonds is 6. The fourth-order valence-electron chi connectivity index (χ4n) is 4.19. The molecule has 0 radical (unpaired) electrons. The molecule has 0 atom stereocenters. The zero-order valence-electron chi connectivity index (χ0n) is 20.3. The van der Waals surface area contributed by atoms with Crippen molar-refractivity contribution < 1.29 is 4.74 Å². The highest BCUT2D eigenvalue weighted by atomic mass is 35.5. The van der Waals surface area contributed by atoms with Gasteiger partial charge in [0.1, 0.15) is 11.4 Å². The lowest BCUT2D eigenvalue weighted by atomic mass is 10.1. The minimum absolute atomic E-state index is 0.239. The van der Waals surface area contributed by atoms with Gasteiger partial charge in [-0.25, -0.2) is 9.98 Å². The van der Waals surface area contributed by atoms with Gasteiger partial charge in [-0.2, -0.15) is 4.68 Å². The largest absolute Gasteiger partial charge is 0.455 e. The molecule has 0 saturated heterocycles. The maximum absolute atomic E-state index is 13.9. The summed E-state index contributed by atoms with van der Waals surface area (Å²) in [5.74, 6) is 1.21. The van der Waals surface area contributed by atoms with Crippen LogP contribution in [-0.2, 0) is 0 Å². The zero-order chi connectivity index (χ0) is 26.1. The van der Waals surface area contributed by atoms with Crippen LogP contribution in [0.2, 0.25) is 5.02 Å². The smallest absolute Gasteiger partial charge is 0.283 e. The van der Waals surface area contributed by atoms with Crippen molar-refractivity contribution in [3.63, 3.8) is 0 Å². The van der Waals surface area contributed by atoms with Gasteiger partial charge >= 0.3 is 0 Å². The van der Waals surface area contributed by atoms with Crippen molar-refractivity contribution in [1.82, 2.24) is 14.8 Å². The number of fused-ring (bicyclic) bond motifs is 1. The SMILES string of the molecule is CC(=Nc1cc(Cl)ccc1Oc1ccccc1)c1c(-c2ccccc2)[nH]n(-c2nc3ccccc3s2)c1=O. The zero-order valence-corrected chi connectivity index (χ0v) is 21.8. The first-order valence-electron chi connectivity index (χ1n) is 11.9. The molecule has 1 N–H and O–H groups in total. The van der Waals surface area contributed by atoms with Crippen molar-refractivity contribution in [2.45, 2.75) is 6.92 Å². The normalized spacial score (nSPS) is 11.7. The number of aromatic amines is 1. The van der Waals surface area contributed by atoms with Crippen molar-refractivity contribution in [1.29, 1.82) is 0 Å². The van der Waals surface area contributed by atoms with E-state index in [-0.39, 0.29) is 5.56 Å². The number of nitrogens with zero attached hydrogens (tertiary/aromatic N) is 3. The van der Waals surface area contributed by atoms with Crippen molar-refractivity contribution in [2.75, 3.05) is 0 Å². The van der Waals surface area contributed by atoms with E-state index in [0.717, 1.165) is 15.8 Å². The summed E-state index contributed by atoms with van der Waals surface area (Å²) in [5, 5.41) is 4.36. The average molecular weight is 537 g/mol. The Hall–Kier alpha value is -4.46. The third kappa shape index (κ3) is 4.65. The van der Waals surface area contributed by atoms with Crippen LogP contribution in [0.3, 0.4) is 0 Å². The Morgan fingerprint density at radius 3 is 2.42 bits per heavy atom. The van der Waals surface area contributed by atoms with E-state index in [4.69, 9.17) is 21.3 Å². The number of benzene rings is 4. The van der Waals surface area contributed by atoms with Crippen LogP contribution in [-0.4, -0.2) is 20.5 Å². The molecule has 0 aliphatic rings. The lowest BCUT2D eigenvalue weighted by Crippen LogP contribution is -2.19. The predicted octanol–water partition coefficient (Wildman–Crippen LogP) is 8.03. The molecule has 6 nitrogen and oxygen atoms in total. The molecule has 0 fully saturated rings. The summed E-state index contributed by atoms with van der Waals surface area (Å²) in [6, 6.07) is 32.2. The summed E-state index contributed by atoms with van der Waals surface area (Å²) in [7, 11) is 0. The van der Waals surface area contributed by atoms with Crippen LogP contribution in [0.25, 0.3) is 26.6 Å². The van der Waals surface area contributed by atoms with Gasteiger partial charge in [-0.1, -0.05) is 83.6 Å². The van der Waals surface area contributed by atoms with Crippen LogP contribution in [0, 0.1) is 0 Å². The fraction of sp³-hybridized carbons (Fsp3) is 0.0333. The standard InChI is InChI=1S/C30H21ClN4O2S/c1-19(32-24-18-21(31)16-17-25(24)37-22-12-6-3-7-13-22)27-28(20-10-4-2-5-11-20)34-35(29(27)36)30-33-23-14-8-9-15-26(23)38-30/h2-18,34H,1H3. The number of hydrogen-bond donors (Lipinski definition) is 1. The highest BCUT2D eigenvalue weighted by molar-refractivity contribution is 7.20. The minimum Gasteiger partial charge on any atom is -0.455 e. The summed E-state index contributed by atoms with van der Waals surface area (Å²) in [6.07, 6.45) is 0. The maximum Gasteiger partial charge on any atom is 0.283 e. The van der Waals surface area contributed by atoms with E-state index in [2.05, 4.69) is 10.1 Å². The molecule has 0 bridgehead atoms.